The van der Waals surface area contributed by atoms with Crippen LogP contribution in [0.4, 0.5) is 5.69 Å². The number of halogens is 1. The number of likely N-dealkylation sites (tertiary alicyclic amines) is 1. The predicted molar refractivity (Wildman–Crippen MR) is 84.8 cm³/mol. The van der Waals surface area contributed by atoms with Gasteiger partial charge in [0.25, 0.3) is 5.69 Å². The molecule has 1 heterocycles. The minimum atomic E-state index is -0.450. The normalized spacial score (nSPS) is 18.0. The minimum absolute atomic E-state index is 0.00398. The van der Waals surface area contributed by atoms with E-state index in [1.54, 1.807) is 13.0 Å². The topological polar surface area (TPSA) is 66.7 Å². The first-order valence-electron chi connectivity index (χ1n) is 7.23. The van der Waals surface area contributed by atoms with Crippen LogP contribution in [-0.4, -0.2) is 47.3 Å². The van der Waals surface area contributed by atoms with Crippen molar-refractivity contribution >= 4 is 23.2 Å². The van der Waals surface area contributed by atoms with Crippen molar-refractivity contribution in [2.24, 2.45) is 5.92 Å². The van der Waals surface area contributed by atoms with E-state index in [9.17, 15) is 14.9 Å². The lowest BCUT2D eigenvalue weighted by atomic mass is 10.1. The number of carbonyl (C=O) groups is 1. The Morgan fingerprint density at radius 3 is 2.82 bits per heavy atom. The number of nitro groups is 1. The third-order valence-electron chi connectivity index (χ3n) is 3.99. The fraction of sp³-hybridized carbons (Fsp3) is 0.533. The number of amides is 1. The zero-order chi connectivity index (χ0) is 16.3. The molecule has 6 nitrogen and oxygen atoms in total. The average Bonchev–Trinajstić information content (AvgIpc) is 2.89. The van der Waals surface area contributed by atoms with Crippen LogP contribution in [0.1, 0.15) is 18.9 Å². The Bertz CT molecular complexity index is 579. The summed E-state index contributed by atoms with van der Waals surface area (Å²) in [7, 11) is 1.99. The second-order valence-corrected chi connectivity index (χ2v) is 6.26. The number of hydrogen-bond acceptors (Lipinski definition) is 4. The van der Waals surface area contributed by atoms with Crippen LogP contribution in [0.2, 0.25) is 5.02 Å². The molecule has 120 valence electrons. The number of hydrogen-bond donors (Lipinski definition) is 0. The molecule has 7 heteroatoms. The van der Waals surface area contributed by atoms with E-state index in [4.69, 9.17) is 11.6 Å². The highest BCUT2D eigenvalue weighted by molar-refractivity contribution is 6.31. The lowest BCUT2D eigenvalue weighted by Gasteiger charge is -2.21. The average molecular weight is 326 g/mol. The summed E-state index contributed by atoms with van der Waals surface area (Å²) >= 11 is 6.11. The highest BCUT2D eigenvalue weighted by Crippen LogP contribution is 2.24. The molecule has 1 amide bonds. The molecule has 1 aliphatic rings. The molecule has 0 aromatic heterocycles. The van der Waals surface area contributed by atoms with Gasteiger partial charge in [0.15, 0.2) is 0 Å². The molecule has 1 saturated heterocycles. The van der Waals surface area contributed by atoms with Crippen molar-refractivity contribution in [1.82, 2.24) is 9.80 Å². The molecule has 2 rings (SSSR count). The zero-order valence-corrected chi connectivity index (χ0v) is 13.5. The molecule has 1 aromatic carbocycles. The van der Waals surface area contributed by atoms with Crippen molar-refractivity contribution in [1.29, 1.82) is 0 Å². The summed E-state index contributed by atoms with van der Waals surface area (Å²) in [6.45, 7) is 4.73. The van der Waals surface area contributed by atoms with Crippen LogP contribution in [0.5, 0.6) is 0 Å². The van der Waals surface area contributed by atoms with E-state index in [1.165, 1.54) is 12.1 Å². The summed E-state index contributed by atoms with van der Waals surface area (Å²) in [5.41, 5.74) is 0.875. The maximum absolute atomic E-state index is 11.3. The van der Waals surface area contributed by atoms with E-state index < -0.39 is 4.92 Å². The Kier molecular flexibility index (Phi) is 5.37. The van der Waals surface area contributed by atoms with Gasteiger partial charge in [-0.3, -0.25) is 14.9 Å². The van der Waals surface area contributed by atoms with Crippen molar-refractivity contribution in [3.8, 4) is 0 Å². The minimum Gasteiger partial charge on any atom is -0.343 e. The van der Waals surface area contributed by atoms with Crippen LogP contribution in [0.25, 0.3) is 0 Å². The molecular formula is C15H20ClN3O3. The first-order valence-corrected chi connectivity index (χ1v) is 7.61. The van der Waals surface area contributed by atoms with Gasteiger partial charge in [-0.05, 0) is 31.0 Å². The van der Waals surface area contributed by atoms with Crippen LogP contribution in [0, 0.1) is 16.0 Å². The number of nitro benzene ring substituents is 1. The number of nitrogens with zero attached hydrogens (tertiary/aromatic N) is 3. The molecule has 1 aliphatic heterocycles. The summed E-state index contributed by atoms with van der Waals surface area (Å²) in [6.07, 6.45) is 1.01. The van der Waals surface area contributed by atoms with Gasteiger partial charge in [-0.15, -0.1) is 0 Å². The summed E-state index contributed by atoms with van der Waals surface area (Å²) in [5, 5.41) is 11.1. The molecule has 0 saturated carbocycles. The van der Waals surface area contributed by atoms with Gasteiger partial charge in [-0.25, -0.2) is 0 Å². The number of benzene rings is 1. The van der Waals surface area contributed by atoms with E-state index >= 15 is 0 Å². The van der Waals surface area contributed by atoms with Crippen molar-refractivity contribution < 1.29 is 9.72 Å². The van der Waals surface area contributed by atoms with Crippen molar-refractivity contribution in [2.45, 2.75) is 19.9 Å². The molecule has 1 unspecified atom stereocenters. The number of non-ortho nitro benzene ring substituents is 1. The second kappa shape index (κ2) is 7.07. The van der Waals surface area contributed by atoms with E-state index in [-0.39, 0.29) is 11.6 Å². The second-order valence-electron chi connectivity index (χ2n) is 5.85. The van der Waals surface area contributed by atoms with Gasteiger partial charge >= 0.3 is 0 Å². The monoisotopic (exact) mass is 325 g/mol. The molecule has 22 heavy (non-hydrogen) atoms. The number of carbonyl (C=O) groups excluding carboxylic acids is 1. The zero-order valence-electron chi connectivity index (χ0n) is 12.8. The van der Waals surface area contributed by atoms with Gasteiger partial charge in [0.2, 0.25) is 5.91 Å². The van der Waals surface area contributed by atoms with E-state index in [0.29, 0.717) is 17.5 Å². The van der Waals surface area contributed by atoms with Gasteiger partial charge in [0.05, 0.1) is 9.95 Å². The molecule has 0 radical (unpaired) electrons. The third-order valence-corrected chi connectivity index (χ3v) is 4.34. The molecule has 1 fully saturated rings. The molecule has 0 bridgehead atoms. The molecule has 0 N–H and O–H groups in total. The molecule has 1 atom stereocenters. The lowest BCUT2D eigenvalue weighted by Crippen LogP contribution is -2.30. The summed E-state index contributed by atoms with van der Waals surface area (Å²) in [4.78, 5) is 25.6. The molecule has 1 aromatic rings. The van der Waals surface area contributed by atoms with Gasteiger partial charge in [-0.1, -0.05) is 11.6 Å². The van der Waals surface area contributed by atoms with Crippen LogP contribution >= 0.6 is 11.6 Å². The van der Waals surface area contributed by atoms with Crippen molar-refractivity contribution in [3.05, 3.63) is 38.9 Å². The van der Waals surface area contributed by atoms with Gasteiger partial charge in [0, 0.05) is 45.2 Å². The lowest BCUT2D eigenvalue weighted by molar-refractivity contribution is -0.384. The smallest absolute Gasteiger partial charge is 0.270 e. The first kappa shape index (κ1) is 16.7. The SMILES string of the molecule is CC(=O)N1CCC(CN(C)Cc2ccc([N+](=O)[O-])cc2Cl)C1. The molecule has 0 spiro atoms. The largest absolute Gasteiger partial charge is 0.343 e. The van der Waals surface area contributed by atoms with Crippen LogP contribution in [0.3, 0.4) is 0 Å². The van der Waals surface area contributed by atoms with E-state index in [0.717, 1.165) is 31.6 Å². The highest BCUT2D eigenvalue weighted by atomic mass is 35.5. The van der Waals surface area contributed by atoms with Gasteiger partial charge < -0.3 is 9.80 Å². The van der Waals surface area contributed by atoms with Gasteiger partial charge in [0.1, 0.15) is 0 Å². The third kappa shape index (κ3) is 4.18. The first-order chi connectivity index (χ1) is 10.4. The maximum atomic E-state index is 11.3. The highest BCUT2D eigenvalue weighted by Gasteiger charge is 2.25. The van der Waals surface area contributed by atoms with E-state index in [1.807, 2.05) is 11.9 Å². The Balaban J connectivity index is 1.91. The van der Waals surface area contributed by atoms with Gasteiger partial charge in [-0.2, -0.15) is 0 Å². The Morgan fingerprint density at radius 2 is 2.27 bits per heavy atom. The van der Waals surface area contributed by atoms with Crippen molar-refractivity contribution in [3.63, 3.8) is 0 Å². The van der Waals surface area contributed by atoms with Crippen molar-refractivity contribution in [2.75, 3.05) is 26.7 Å². The fourth-order valence-corrected chi connectivity index (χ4v) is 3.08. The fourth-order valence-electron chi connectivity index (χ4n) is 2.84. The van der Waals surface area contributed by atoms with Crippen LogP contribution < -0.4 is 0 Å². The maximum Gasteiger partial charge on any atom is 0.270 e. The van der Waals surface area contributed by atoms with E-state index in [2.05, 4.69) is 4.90 Å². The quantitative estimate of drug-likeness (QED) is 0.616. The summed E-state index contributed by atoms with van der Waals surface area (Å²) in [5.74, 6) is 0.592. The number of rotatable bonds is 5. The Morgan fingerprint density at radius 1 is 1.55 bits per heavy atom. The van der Waals surface area contributed by atoms with Crippen LogP contribution in [0.15, 0.2) is 18.2 Å². The predicted octanol–water partition coefficient (Wildman–Crippen LogP) is 2.55. The molecule has 0 aliphatic carbocycles. The standard InChI is InChI=1S/C15H20ClN3O3/c1-11(20)18-6-5-12(9-18)8-17(2)10-13-3-4-14(19(21)22)7-15(13)16/h3-4,7,12H,5-6,8-10H2,1-2H3. The molecular weight excluding hydrogens is 306 g/mol. The summed E-state index contributed by atoms with van der Waals surface area (Å²) in [6, 6.07) is 4.56. The van der Waals surface area contributed by atoms with Crippen LogP contribution in [-0.2, 0) is 11.3 Å². The Labute approximate surface area is 134 Å². The Hall–Kier alpha value is -1.66. The summed E-state index contributed by atoms with van der Waals surface area (Å²) < 4.78 is 0.